The molecule has 0 aromatic heterocycles. The molecule has 0 saturated carbocycles. The molecule has 1 aliphatic heterocycles. The van der Waals surface area contributed by atoms with Crippen LogP contribution in [0.15, 0.2) is 23.5 Å². The second-order valence-corrected chi connectivity index (χ2v) is 2.00. The first-order valence-electron chi connectivity index (χ1n) is 2.88. The Kier molecular flexibility index (Phi) is 1.89. The molecule has 0 atom stereocenters. The molecule has 3 N–H and O–H groups in total. The van der Waals surface area contributed by atoms with E-state index in [0.29, 0.717) is 0 Å². The van der Waals surface area contributed by atoms with Gasteiger partial charge in [-0.05, 0) is 12.3 Å². The number of halogens is 2. The van der Waals surface area contributed by atoms with Gasteiger partial charge in [-0.3, -0.25) is 0 Å². The lowest BCUT2D eigenvalue weighted by molar-refractivity contribution is 0.185. The molecule has 0 aromatic rings. The number of allylic oxidation sites excluding steroid dienone is 1. The zero-order valence-electron chi connectivity index (χ0n) is 5.27. The molecule has 0 fully saturated rings. The van der Waals surface area contributed by atoms with Crippen molar-refractivity contribution in [3.8, 4) is 0 Å². The van der Waals surface area contributed by atoms with Crippen LogP contribution in [0.25, 0.3) is 0 Å². The van der Waals surface area contributed by atoms with Crippen molar-refractivity contribution in [1.29, 1.82) is 0 Å². The maximum absolute atomic E-state index is 12.0. The summed E-state index contributed by atoms with van der Waals surface area (Å²) >= 11 is 0. The van der Waals surface area contributed by atoms with Crippen molar-refractivity contribution in [3.63, 3.8) is 0 Å². The number of rotatable bonds is 1. The van der Waals surface area contributed by atoms with Crippen LogP contribution in [0.1, 0.15) is 0 Å². The van der Waals surface area contributed by atoms with Crippen LogP contribution in [0, 0.1) is 0 Å². The van der Waals surface area contributed by atoms with E-state index in [-0.39, 0.29) is 17.8 Å². The van der Waals surface area contributed by atoms with Gasteiger partial charge < -0.3 is 11.1 Å². The van der Waals surface area contributed by atoms with Gasteiger partial charge in [-0.2, -0.15) is 0 Å². The third kappa shape index (κ3) is 1.26. The normalized spacial score (nSPS) is 17.9. The Labute approximate surface area is 57.4 Å². The first-order chi connectivity index (χ1) is 4.72. The Morgan fingerprint density at radius 3 is 2.70 bits per heavy atom. The summed E-state index contributed by atoms with van der Waals surface area (Å²) in [6.45, 7) is 0.153. The van der Waals surface area contributed by atoms with E-state index in [4.69, 9.17) is 5.73 Å². The van der Waals surface area contributed by atoms with E-state index in [2.05, 4.69) is 5.32 Å². The number of alkyl halides is 2. The van der Waals surface area contributed by atoms with Gasteiger partial charge >= 0.3 is 0 Å². The summed E-state index contributed by atoms with van der Waals surface area (Å²) in [5.74, 6) is 0. The monoisotopic (exact) mass is 146 g/mol. The lowest BCUT2D eigenvalue weighted by atomic mass is 10.2. The average Bonchev–Trinajstić information content (AvgIpc) is 1.88. The van der Waals surface area contributed by atoms with Crippen molar-refractivity contribution in [2.24, 2.45) is 5.73 Å². The molecule has 0 unspecified atom stereocenters. The van der Waals surface area contributed by atoms with Crippen LogP contribution in [0.5, 0.6) is 0 Å². The summed E-state index contributed by atoms with van der Waals surface area (Å²) in [7, 11) is 0. The quantitative estimate of drug-likeness (QED) is 0.568. The largest absolute Gasteiger partial charge is 0.398 e. The Hall–Kier alpha value is -1.06. The molecule has 0 amide bonds. The standard InChI is InChI=1S/C6H8F2N2/c7-6(8)4-3-10-2-1-5(4)9/h1-2,6,10H,3,9H2. The van der Waals surface area contributed by atoms with E-state index in [0.717, 1.165) is 0 Å². The molecular weight excluding hydrogens is 138 g/mol. The van der Waals surface area contributed by atoms with Gasteiger partial charge in [-0.1, -0.05) is 0 Å². The highest BCUT2D eigenvalue weighted by atomic mass is 19.3. The first-order valence-corrected chi connectivity index (χ1v) is 2.88. The molecule has 56 valence electrons. The van der Waals surface area contributed by atoms with Crippen LogP contribution in [0.4, 0.5) is 8.78 Å². The van der Waals surface area contributed by atoms with Crippen LogP contribution in [-0.2, 0) is 0 Å². The first kappa shape index (κ1) is 7.05. The SMILES string of the molecule is NC1=C(C(F)F)CNC=C1. The maximum Gasteiger partial charge on any atom is 0.263 e. The zero-order valence-corrected chi connectivity index (χ0v) is 5.27. The predicted octanol–water partition coefficient (Wildman–Crippen LogP) is 0.581. The number of dihydropyridines is 1. The summed E-state index contributed by atoms with van der Waals surface area (Å²) in [5.41, 5.74) is 5.40. The molecule has 0 saturated heterocycles. The Balaban J connectivity index is 2.79. The number of hydrogen-bond acceptors (Lipinski definition) is 2. The van der Waals surface area contributed by atoms with Crippen LogP contribution in [0.2, 0.25) is 0 Å². The van der Waals surface area contributed by atoms with Gasteiger partial charge in [0.25, 0.3) is 6.43 Å². The molecule has 1 heterocycles. The fourth-order valence-electron chi connectivity index (χ4n) is 0.730. The minimum absolute atomic E-state index is 0.0255. The van der Waals surface area contributed by atoms with E-state index in [1.807, 2.05) is 0 Å². The van der Waals surface area contributed by atoms with Crippen LogP contribution in [0.3, 0.4) is 0 Å². The maximum atomic E-state index is 12.0. The van der Waals surface area contributed by atoms with Gasteiger partial charge in [0.05, 0.1) is 0 Å². The second kappa shape index (κ2) is 2.68. The Bertz CT molecular complexity index is 184. The molecule has 0 aliphatic carbocycles. The molecule has 1 rings (SSSR count). The van der Waals surface area contributed by atoms with E-state index in [1.165, 1.54) is 6.08 Å². The van der Waals surface area contributed by atoms with Gasteiger partial charge in [0.15, 0.2) is 0 Å². The van der Waals surface area contributed by atoms with Crippen molar-refractivity contribution in [1.82, 2.24) is 5.32 Å². The average molecular weight is 146 g/mol. The lowest BCUT2D eigenvalue weighted by Crippen LogP contribution is -2.22. The van der Waals surface area contributed by atoms with Crippen molar-refractivity contribution in [3.05, 3.63) is 23.5 Å². The van der Waals surface area contributed by atoms with Gasteiger partial charge in [0.2, 0.25) is 0 Å². The van der Waals surface area contributed by atoms with Crippen molar-refractivity contribution < 1.29 is 8.78 Å². The minimum Gasteiger partial charge on any atom is -0.398 e. The van der Waals surface area contributed by atoms with Crippen molar-refractivity contribution in [2.45, 2.75) is 6.43 Å². The lowest BCUT2D eigenvalue weighted by Gasteiger charge is -2.12. The molecular formula is C6H8F2N2. The smallest absolute Gasteiger partial charge is 0.263 e. The summed E-state index contributed by atoms with van der Waals surface area (Å²) in [5, 5.41) is 2.65. The third-order valence-electron chi connectivity index (χ3n) is 1.31. The van der Waals surface area contributed by atoms with Gasteiger partial charge in [-0.25, -0.2) is 8.78 Å². The molecule has 10 heavy (non-hydrogen) atoms. The highest BCUT2D eigenvalue weighted by Crippen LogP contribution is 2.12. The topological polar surface area (TPSA) is 38.0 Å². The van der Waals surface area contributed by atoms with Crippen LogP contribution in [-0.4, -0.2) is 13.0 Å². The van der Waals surface area contributed by atoms with Crippen LogP contribution < -0.4 is 11.1 Å². The summed E-state index contributed by atoms with van der Waals surface area (Å²) in [6.07, 6.45) is 0.545. The summed E-state index contributed by atoms with van der Waals surface area (Å²) in [4.78, 5) is 0. The van der Waals surface area contributed by atoms with Crippen molar-refractivity contribution in [2.75, 3.05) is 6.54 Å². The molecule has 0 spiro atoms. The Morgan fingerprint density at radius 1 is 1.60 bits per heavy atom. The van der Waals surface area contributed by atoms with E-state index in [9.17, 15) is 8.78 Å². The molecule has 1 aliphatic rings. The number of hydrogen-bond donors (Lipinski definition) is 2. The molecule has 0 radical (unpaired) electrons. The van der Waals surface area contributed by atoms with Crippen LogP contribution >= 0.6 is 0 Å². The van der Waals surface area contributed by atoms with E-state index in [1.54, 1.807) is 6.20 Å². The Morgan fingerprint density at radius 2 is 2.30 bits per heavy atom. The summed E-state index contributed by atoms with van der Waals surface area (Å²) < 4.78 is 23.9. The highest BCUT2D eigenvalue weighted by molar-refractivity contribution is 5.28. The number of nitrogens with one attached hydrogen (secondary N) is 1. The van der Waals surface area contributed by atoms with E-state index < -0.39 is 6.43 Å². The second-order valence-electron chi connectivity index (χ2n) is 2.00. The molecule has 0 aromatic carbocycles. The van der Waals surface area contributed by atoms with Gasteiger partial charge in [0.1, 0.15) is 0 Å². The zero-order chi connectivity index (χ0) is 7.56. The fourth-order valence-corrected chi connectivity index (χ4v) is 0.730. The highest BCUT2D eigenvalue weighted by Gasteiger charge is 2.14. The third-order valence-corrected chi connectivity index (χ3v) is 1.31. The number of nitrogens with two attached hydrogens (primary N) is 1. The predicted molar refractivity (Wildman–Crippen MR) is 34.4 cm³/mol. The molecule has 4 heteroatoms. The molecule has 2 nitrogen and oxygen atoms in total. The van der Waals surface area contributed by atoms with Gasteiger partial charge in [-0.15, -0.1) is 0 Å². The van der Waals surface area contributed by atoms with Crippen molar-refractivity contribution >= 4 is 0 Å². The summed E-state index contributed by atoms with van der Waals surface area (Å²) in [6, 6.07) is 0. The molecule has 0 bridgehead atoms. The van der Waals surface area contributed by atoms with Gasteiger partial charge in [0, 0.05) is 17.8 Å². The van der Waals surface area contributed by atoms with E-state index >= 15 is 0 Å². The minimum atomic E-state index is -2.45. The fraction of sp³-hybridized carbons (Fsp3) is 0.333.